The van der Waals surface area contributed by atoms with E-state index in [1.165, 1.54) is 0 Å². The summed E-state index contributed by atoms with van der Waals surface area (Å²) in [6.45, 7) is 7.33. The third kappa shape index (κ3) is 6.03. The zero-order valence-electron chi connectivity index (χ0n) is 17.3. The summed E-state index contributed by atoms with van der Waals surface area (Å²) in [5.74, 6) is 0.912. The van der Waals surface area contributed by atoms with Gasteiger partial charge >= 0.3 is 0 Å². The van der Waals surface area contributed by atoms with E-state index < -0.39 is 0 Å². The summed E-state index contributed by atoms with van der Waals surface area (Å²) in [4.78, 5) is 42.9. The molecule has 0 radical (unpaired) electrons. The molecular formula is C22H31N3O4. The van der Waals surface area contributed by atoms with Crippen LogP contribution in [0.4, 0.5) is 0 Å². The Morgan fingerprint density at radius 1 is 0.828 bits per heavy atom. The number of rotatable bonds is 8. The average Bonchev–Trinajstić information content (AvgIpc) is 3.28. The van der Waals surface area contributed by atoms with Crippen LogP contribution in [0.25, 0.3) is 0 Å². The first kappa shape index (κ1) is 21.3. The number of benzene rings is 1. The predicted molar refractivity (Wildman–Crippen MR) is 110 cm³/mol. The molecule has 2 heterocycles. The molecule has 0 bridgehead atoms. The van der Waals surface area contributed by atoms with Gasteiger partial charge in [-0.2, -0.15) is 0 Å². The first-order valence-electron chi connectivity index (χ1n) is 10.6. The zero-order chi connectivity index (χ0) is 20.6. The second-order valence-electron chi connectivity index (χ2n) is 7.63. The SMILES string of the molecule is CCOc1ccc(C(=O)CCC(=O)N2CCN(CC(=O)N3CCCC3)CC2)cc1. The number of piperazine rings is 1. The largest absolute Gasteiger partial charge is 0.494 e. The molecule has 3 rings (SSSR count). The minimum absolute atomic E-state index is 0.00908. The average molecular weight is 402 g/mol. The Balaban J connectivity index is 1.38. The molecule has 0 saturated carbocycles. The molecule has 7 nitrogen and oxygen atoms in total. The van der Waals surface area contributed by atoms with E-state index in [0.29, 0.717) is 44.9 Å². The van der Waals surface area contributed by atoms with Gasteiger partial charge in [0.05, 0.1) is 13.2 Å². The van der Waals surface area contributed by atoms with E-state index in [2.05, 4.69) is 4.90 Å². The van der Waals surface area contributed by atoms with E-state index >= 15 is 0 Å². The Morgan fingerprint density at radius 2 is 1.45 bits per heavy atom. The van der Waals surface area contributed by atoms with Crippen molar-refractivity contribution in [1.82, 2.24) is 14.7 Å². The van der Waals surface area contributed by atoms with Crippen LogP contribution < -0.4 is 4.74 Å². The summed E-state index contributed by atoms with van der Waals surface area (Å²) in [7, 11) is 0. The fourth-order valence-electron chi connectivity index (χ4n) is 3.84. The summed E-state index contributed by atoms with van der Waals surface area (Å²) < 4.78 is 5.38. The maximum absolute atomic E-state index is 12.5. The van der Waals surface area contributed by atoms with Crippen LogP contribution in [0.3, 0.4) is 0 Å². The summed E-state index contributed by atoms with van der Waals surface area (Å²) in [5, 5.41) is 0. The topological polar surface area (TPSA) is 70.2 Å². The highest BCUT2D eigenvalue weighted by Gasteiger charge is 2.25. The minimum Gasteiger partial charge on any atom is -0.494 e. The standard InChI is InChI=1S/C22H31N3O4/c1-2-29-19-7-5-18(6-8-19)20(26)9-10-21(27)25-15-13-23(14-16-25)17-22(28)24-11-3-4-12-24/h5-8H,2-4,9-17H2,1H3. The number of carbonyl (C=O) groups is 3. The van der Waals surface area contributed by atoms with Crippen molar-refractivity contribution in [2.75, 3.05) is 52.4 Å². The van der Waals surface area contributed by atoms with Gasteiger partial charge in [0.2, 0.25) is 11.8 Å². The summed E-state index contributed by atoms with van der Waals surface area (Å²) in [6, 6.07) is 7.05. The quantitative estimate of drug-likeness (QED) is 0.622. The summed E-state index contributed by atoms with van der Waals surface area (Å²) in [6.07, 6.45) is 2.63. The normalized spacial score (nSPS) is 17.4. The number of ether oxygens (including phenoxy) is 1. The molecule has 7 heteroatoms. The molecule has 2 saturated heterocycles. The van der Waals surface area contributed by atoms with Crippen LogP contribution in [-0.2, 0) is 9.59 Å². The van der Waals surface area contributed by atoms with Crippen LogP contribution in [0.5, 0.6) is 5.75 Å². The van der Waals surface area contributed by atoms with Crippen LogP contribution in [0.2, 0.25) is 0 Å². The van der Waals surface area contributed by atoms with Gasteiger partial charge in [-0.15, -0.1) is 0 Å². The van der Waals surface area contributed by atoms with E-state index in [4.69, 9.17) is 4.74 Å². The third-order valence-electron chi connectivity index (χ3n) is 5.60. The number of hydrogen-bond acceptors (Lipinski definition) is 5. The molecule has 2 aliphatic rings. The van der Waals surface area contributed by atoms with Gasteiger partial charge in [-0.25, -0.2) is 0 Å². The van der Waals surface area contributed by atoms with Gasteiger partial charge in [-0.3, -0.25) is 19.3 Å². The molecule has 0 spiro atoms. The Hall–Kier alpha value is -2.41. The highest BCUT2D eigenvalue weighted by molar-refractivity contribution is 5.98. The monoisotopic (exact) mass is 401 g/mol. The molecule has 0 atom stereocenters. The van der Waals surface area contributed by atoms with Crippen molar-refractivity contribution in [2.24, 2.45) is 0 Å². The highest BCUT2D eigenvalue weighted by Crippen LogP contribution is 2.15. The van der Waals surface area contributed by atoms with Gasteiger partial charge in [-0.05, 0) is 44.0 Å². The van der Waals surface area contributed by atoms with Gasteiger partial charge in [0.1, 0.15) is 5.75 Å². The third-order valence-corrected chi connectivity index (χ3v) is 5.60. The van der Waals surface area contributed by atoms with Gasteiger partial charge in [-0.1, -0.05) is 0 Å². The molecule has 1 aromatic carbocycles. The molecule has 158 valence electrons. The first-order chi connectivity index (χ1) is 14.1. The lowest BCUT2D eigenvalue weighted by atomic mass is 10.1. The maximum atomic E-state index is 12.5. The fourth-order valence-corrected chi connectivity index (χ4v) is 3.84. The second kappa shape index (κ2) is 10.4. The Morgan fingerprint density at radius 3 is 2.07 bits per heavy atom. The molecule has 29 heavy (non-hydrogen) atoms. The highest BCUT2D eigenvalue weighted by atomic mass is 16.5. The van der Waals surface area contributed by atoms with Crippen molar-refractivity contribution in [3.63, 3.8) is 0 Å². The molecular weight excluding hydrogens is 370 g/mol. The molecule has 0 aromatic heterocycles. The molecule has 1 aromatic rings. The number of carbonyl (C=O) groups excluding carboxylic acids is 3. The predicted octanol–water partition coefficient (Wildman–Crippen LogP) is 1.81. The lowest BCUT2D eigenvalue weighted by Crippen LogP contribution is -2.51. The minimum atomic E-state index is -0.0313. The second-order valence-corrected chi connectivity index (χ2v) is 7.63. The van der Waals surface area contributed by atoms with Gasteiger partial charge in [0.15, 0.2) is 5.78 Å². The smallest absolute Gasteiger partial charge is 0.236 e. The molecule has 0 aliphatic carbocycles. The van der Waals surface area contributed by atoms with Gasteiger partial charge in [0, 0.05) is 57.7 Å². The van der Waals surface area contributed by atoms with E-state index in [-0.39, 0.29) is 30.4 Å². The number of likely N-dealkylation sites (tertiary alicyclic amines) is 1. The zero-order valence-corrected chi connectivity index (χ0v) is 17.3. The number of amides is 2. The molecule has 2 amide bonds. The molecule has 2 aliphatic heterocycles. The van der Waals surface area contributed by atoms with Crippen molar-refractivity contribution in [3.8, 4) is 5.75 Å². The van der Waals surface area contributed by atoms with Crippen molar-refractivity contribution < 1.29 is 19.1 Å². The van der Waals surface area contributed by atoms with Crippen molar-refractivity contribution in [2.45, 2.75) is 32.6 Å². The van der Waals surface area contributed by atoms with Crippen LogP contribution in [0.15, 0.2) is 24.3 Å². The van der Waals surface area contributed by atoms with E-state index in [1.54, 1.807) is 24.3 Å². The summed E-state index contributed by atoms with van der Waals surface area (Å²) >= 11 is 0. The van der Waals surface area contributed by atoms with Crippen molar-refractivity contribution >= 4 is 17.6 Å². The van der Waals surface area contributed by atoms with Crippen LogP contribution in [0, 0.1) is 0 Å². The molecule has 2 fully saturated rings. The van der Waals surface area contributed by atoms with Crippen LogP contribution >= 0.6 is 0 Å². The lowest BCUT2D eigenvalue weighted by molar-refractivity contribution is -0.134. The lowest BCUT2D eigenvalue weighted by Gasteiger charge is -2.35. The van der Waals surface area contributed by atoms with Crippen LogP contribution in [-0.4, -0.2) is 84.7 Å². The van der Waals surface area contributed by atoms with Gasteiger partial charge < -0.3 is 14.5 Å². The first-order valence-corrected chi connectivity index (χ1v) is 10.6. The maximum Gasteiger partial charge on any atom is 0.236 e. The van der Waals surface area contributed by atoms with E-state index in [1.807, 2.05) is 16.7 Å². The summed E-state index contributed by atoms with van der Waals surface area (Å²) in [5.41, 5.74) is 0.603. The van der Waals surface area contributed by atoms with Gasteiger partial charge in [0.25, 0.3) is 0 Å². The number of nitrogens with zero attached hydrogens (tertiary/aromatic N) is 3. The Bertz CT molecular complexity index is 705. The number of hydrogen-bond donors (Lipinski definition) is 0. The molecule has 0 unspecified atom stereocenters. The van der Waals surface area contributed by atoms with Crippen molar-refractivity contribution in [3.05, 3.63) is 29.8 Å². The Labute approximate surface area is 172 Å². The Kier molecular flexibility index (Phi) is 7.63. The number of Topliss-reactive ketones (excluding diaryl/α,β-unsaturated/α-hetero) is 1. The molecule has 0 N–H and O–H groups in total. The fraction of sp³-hybridized carbons (Fsp3) is 0.591. The number of ketones is 1. The van der Waals surface area contributed by atoms with Crippen LogP contribution in [0.1, 0.15) is 43.0 Å². The van der Waals surface area contributed by atoms with E-state index in [9.17, 15) is 14.4 Å². The van der Waals surface area contributed by atoms with E-state index in [0.717, 1.165) is 31.7 Å². The van der Waals surface area contributed by atoms with Crippen molar-refractivity contribution in [1.29, 1.82) is 0 Å².